The molecule has 0 aliphatic carbocycles. The van der Waals surface area contributed by atoms with E-state index in [4.69, 9.17) is 17.3 Å². The van der Waals surface area contributed by atoms with E-state index in [1.165, 1.54) is 0 Å². The van der Waals surface area contributed by atoms with Gasteiger partial charge in [-0.15, -0.1) is 0 Å². The minimum atomic E-state index is -0.183. The standard InChI is InChI=1S/C15H15ClN2O/c16-14-8-4-3-7-13(14)15(19)18-10-12-6-2-1-5-11(12)9-17/h1-8H,9-10,17H2,(H,18,19). The lowest BCUT2D eigenvalue weighted by Crippen LogP contribution is -2.24. The zero-order valence-corrected chi connectivity index (χ0v) is 11.2. The number of hydrogen-bond acceptors (Lipinski definition) is 2. The molecule has 0 aliphatic heterocycles. The third-order valence-corrected chi connectivity index (χ3v) is 3.23. The molecule has 0 bridgehead atoms. The average Bonchev–Trinajstić information content (AvgIpc) is 2.45. The molecule has 98 valence electrons. The zero-order valence-electron chi connectivity index (χ0n) is 10.4. The monoisotopic (exact) mass is 274 g/mol. The fourth-order valence-electron chi connectivity index (χ4n) is 1.85. The van der Waals surface area contributed by atoms with E-state index in [1.54, 1.807) is 24.3 Å². The Labute approximate surface area is 117 Å². The lowest BCUT2D eigenvalue weighted by Gasteiger charge is -2.10. The van der Waals surface area contributed by atoms with Crippen LogP contribution in [-0.2, 0) is 13.1 Å². The first-order valence-electron chi connectivity index (χ1n) is 6.02. The van der Waals surface area contributed by atoms with E-state index in [9.17, 15) is 4.79 Å². The largest absolute Gasteiger partial charge is 0.348 e. The second kappa shape index (κ2) is 6.36. The Bertz CT molecular complexity index is 584. The molecule has 0 saturated heterocycles. The summed E-state index contributed by atoms with van der Waals surface area (Å²) in [5.41, 5.74) is 8.19. The van der Waals surface area contributed by atoms with Gasteiger partial charge in [0.05, 0.1) is 10.6 Å². The van der Waals surface area contributed by atoms with Crippen LogP contribution in [0, 0.1) is 0 Å². The molecule has 4 heteroatoms. The number of hydrogen-bond donors (Lipinski definition) is 2. The van der Waals surface area contributed by atoms with E-state index in [0.717, 1.165) is 11.1 Å². The highest BCUT2D eigenvalue weighted by molar-refractivity contribution is 6.33. The van der Waals surface area contributed by atoms with Crippen molar-refractivity contribution in [3.8, 4) is 0 Å². The minimum Gasteiger partial charge on any atom is -0.348 e. The molecule has 1 amide bonds. The van der Waals surface area contributed by atoms with Crippen molar-refractivity contribution in [1.82, 2.24) is 5.32 Å². The van der Waals surface area contributed by atoms with E-state index < -0.39 is 0 Å². The van der Waals surface area contributed by atoms with Gasteiger partial charge in [0.2, 0.25) is 0 Å². The number of rotatable bonds is 4. The van der Waals surface area contributed by atoms with Crippen LogP contribution in [-0.4, -0.2) is 5.91 Å². The predicted octanol–water partition coefficient (Wildman–Crippen LogP) is 2.73. The molecular formula is C15H15ClN2O. The number of amides is 1. The number of nitrogens with one attached hydrogen (secondary N) is 1. The number of halogens is 1. The van der Waals surface area contributed by atoms with Crippen LogP contribution >= 0.6 is 11.6 Å². The molecule has 2 aromatic rings. The van der Waals surface area contributed by atoms with Crippen LogP contribution < -0.4 is 11.1 Å². The topological polar surface area (TPSA) is 55.1 Å². The molecule has 0 aliphatic rings. The molecule has 0 spiro atoms. The number of nitrogens with two attached hydrogens (primary N) is 1. The van der Waals surface area contributed by atoms with Gasteiger partial charge < -0.3 is 11.1 Å². The minimum absolute atomic E-state index is 0.183. The van der Waals surface area contributed by atoms with Crippen molar-refractivity contribution >= 4 is 17.5 Å². The van der Waals surface area contributed by atoms with Gasteiger partial charge in [0.1, 0.15) is 0 Å². The second-order valence-corrected chi connectivity index (χ2v) is 4.54. The van der Waals surface area contributed by atoms with E-state index in [1.807, 2.05) is 24.3 Å². The van der Waals surface area contributed by atoms with Gasteiger partial charge in [0.15, 0.2) is 0 Å². The van der Waals surface area contributed by atoms with Crippen LogP contribution in [0.5, 0.6) is 0 Å². The molecule has 0 atom stereocenters. The molecule has 3 N–H and O–H groups in total. The van der Waals surface area contributed by atoms with Gasteiger partial charge in [0, 0.05) is 13.1 Å². The molecule has 2 rings (SSSR count). The summed E-state index contributed by atoms with van der Waals surface area (Å²) in [5, 5.41) is 3.30. The highest BCUT2D eigenvalue weighted by atomic mass is 35.5. The van der Waals surface area contributed by atoms with E-state index in [2.05, 4.69) is 5.32 Å². The van der Waals surface area contributed by atoms with E-state index in [0.29, 0.717) is 23.7 Å². The highest BCUT2D eigenvalue weighted by Crippen LogP contribution is 2.15. The van der Waals surface area contributed by atoms with Crippen molar-refractivity contribution in [3.05, 3.63) is 70.2 Å². The number of carbonyl (C=O) groups excluding carboxylic acids is 1. The average molecular weight is 275 g/mol. The smallest absolute Gasteiger partial charge is 0.253 e. The van der Waals surface area contributed by atoms with E-state index >= 15 is 0 Å². The summed E-state index contributed by atoms with van der Waals surface area (Å²) in [6, 6.07) is 14.7. The Morgan fingerprint density at radius 3 is 2.37 bits per heavy atom. The summed E-state index contributed by atoms with van der Waals surface area (Å²) in [6.45, 7) is 0.898. The molecule has 2 aromatic carbocycles. The maximum atomic E-state index is 12.0. The van der Waals surface area contributed by atoms with Crippen LogP contribution in [0.4, 0.5) is 0 Å². The summed E-state index contributed by atoms with van der Waals surface area (Å²) in [5.74, 6) is -0.183. The van der Waals surface area contributed by atoms with Gasteiger partial charge in [-0.25, -0.2) is 0 Å². The van der Waals surface area contributed by atoms with Crippen molar-refractivity contribution in [3.63, 3.8) is 0 Å². The fourth-order valence-corrected chi connectivity index (χ4v) is 2.07. The van der Waals surface area contributed by atoms with Gasteiger partial charge in [0.25, 0.3) is 5.91 Å². The number of carbonyl (C=O) groups is 1. The van der Waals surface area contributed by atoms with Crippen molar-refractivity contribution < 1.29 is 4.79 Å². The van der Waals surface area contributed by atoms with Crippen LogP contribution in [0.15, 0.2) is 48.5 Å². The molecule has 0 radical (unpaired) electrons. The lowest BCUT2D eigenvalue weighted by atomic mass is 10.1. The highest BCUT2D eigenvalue weighted by Gasteiger charge is 2.09. The van der Waals surface area contributed by atoms with Crippen molar-refractivity contribution in [1.29, 1.82) is 0 Å². The molecule has 0 heterocycles. The quantitative estimate of drug-likeness (QED) is 0.901. The third-order valence-electron chi connectivity index (χ3n) is 2.90. The predicted molar refractivity (Wildman–Crippen MR) is 77.0 cm³/mol. The summed E-state index contributed by atoms with van der Waals surface area (Å²) < 4.78 is 0. The van der Waals surface area contributed by atoms with Gasteiger partial charge >= 0.3 is 0 Å². The summed E-state index contributed by atoms with van der Waals surface area (Å²) in [4.78, 5) is 12.0. The zero-order chi connectivity index (χ0) is 13.7. The maximum Gasteiger partial charge on any atom is 0.253 e. The van der Waals surface area contributed by atoms with E-state index in [-0.39, 0.29) is 5.91 Å². The lowest BCUT2D eigenvalue weighted by molar-refractivity contribution is 0.0951. The summed E-state index contributed by atoms with van der Waals surface area (Å²) in [7, 11) is 0. The Morgan fingerprint density at radius 1 is 1.05 bits per heavy atom. The van der Waals surface area contributed by atoms with Gasteiger partial charge in [-0.05, 0) is 23.3 Å². The van der Waals surface area contributed by atoms with Gasteiger partial charge in [-0.2, -0.15) is 0 Å². The first-order chi connectivity index (χ1) is 9.22. The molecule has 0 saturated carbocycles. The van der Waals surface area contributed by atoms with Crippen LogP contribution in [0.25, 0.3) is 0 Å². The summed E-state index contributed by atoms with van der Waals surface area (Å²) in [6.07, 6.45) is 0. The first kappa shape index (κ1) is 13.6. The molecule has 19 heavy (non-hydrogen) atoms. The molecule has 3 nitrogen and oxygen atoms in total. The number of benzene rings is 2. The van der Waals surface area contributed by atoms with Crippen LogP contribution in [0.3, 0.4) is 0 Å². The Morgan fingerprint density at radius 2 is 1.68 bits per heavy atom. The molecule has 0 fully saturated rings. The Kier molecular flexibility index (Phi) is 4.55. The molecule has 0 aromatic heterocycles. The van der Waals surface area contributed by atoms with Crippen LogP contribution in [0.1, 0.15) is 21.5 Å². The Hall–Kier alpha value is -1.84. The third kappa shape index (κ3) is 3.34. The first-order valence-corrected chi connectivity index (χ1v) is 6.39. The van der Waals surface area contributed by atoms with Crippen molar-refractivity contribution in [2.75, 3.05) is 0 Å². The normalized spacial score (nSPS) is 10.2. The SMILES string of the molecule is NCc1ccccc1CNC(=O)c1ccccc1Cl. The Balaban J connectivity index is 2.07. The van der Waals surface area contributed by atoms with Gasteiger partial charge in [-0.1, -0.05) is 48.0 Å². The van der Waals surface area contributed by atoms with Gasteiger partial charge in [-0.3, -0.25) is 4.79 Å². The van der Waals surface area contributed by atoms with Crippen molar-refractivity contribution in [2.45, 2.75) is 13.1 Å². The second-order valence-electron chi connectivity index (χ2n) is 4.14. The van der Waals surface area contributed by atoms with Crippen LogP contribution in [0.2, 0.25) is 5.02 Å². The maximum absolute atomic E-state index is 12.0. The molecular weight excluding hydrogens is 260 g/mol. The fraction of sp³-hybridized carbons (Fsp3) is 0.133. The summed E-state index contributed by atoms with van der Waals surface area (Å²) >= 11 is 5.98. The van der Waals surface area contributed by atoms with Crippen molar-refractivity contribution in [2.24, 2.45) is 5.73 Å². The molecule has 0 unspecified atom stereocenters.